The second kappa shape index (κ2) is 6.59. The minimum Gasteiger partial charge on any atom is -0.495 e. The van der Waals surface area contributed by atoms with Gasteiger partial charge in [0, 0.05) is 11.3 Å². The smallest absolute Gasteiger partial charge is 0.259 e. The van der Waals surface area contributed by atoms with Crippen LogP contribution in [0.2, 0.25) is 0 Å². The molecule has 0 atom stereocenters. The molecule has 0 aliphatic heterocycles. The van der Waals surface area contributed by atoms with E-state index in [0.29, 0.717) is 22.7 Å². The lowest BCUT2D eigenvalue weighted by Crippen LogP contribution is -2.13. The lowest BCUT2D eigenvalue weighted by Gasteiger charge is -2.10. The van der Waals surface area contributed by atoms with E-state index >= 15 is 0 Å². The quantitative estimate of drug-likeness (QED) is 0.740. The first kappa shape index (κ1) is 14.6. The van der Waals surface area contributed by atoms with Crippen molar-refractivity contribution in [1.82, 2.24) is 10.2 Å². The van der Waals surface area contributed by atoms with Gasteiger partial charge in [-0.05, 0) is 25.1 Å². The predicted octanol–water partition coefficient (Wildman–Crippen LogP) is 1.29. The molecule has 1 amide bonds. The summed E-state index contributed by atoms with van der Waals surface area (Å²) in [6, 6.07) is 5.30. The minimum atomic E-state index is -0.261. The number of H-pyrrole nitrogens is 1. The Morgan fingerprint density at radius 3 is 2.95 bits per heavy atom. The first-order valence-corrected chi connectivity index (χ1v) is 6.34. The number of hydrogen-bond acceptors (Lipinski definition) is 4. The summed E-state index contributed by atoms with van der Waals surface area (Å²) >= 11 is 0. The molecule has 0 spiro atoms. The van der Waals surface area contributed by atoms with E-state index in [0.717, 1.165) is 5.56 Å². The highest BCUT2D eigenvalue weighted by Crippen LogP contribution is 2.26. The first-order valence-electron chi connectivity index (χ1n) is 6.34. The van der Waals surface area contributed by atoms with Gasteiger partial charge in [-0.1, -0.05) is 11.8 Å². The average Bonchev–Trinajstić information content (AvgIpc) is 2.91. The maximum Gasteiger partial charge on any atom is 0.259 e. The predicted molar refractivity (Wildman–Crippen MR) is 80.2 cm³/mol. The van der Waals surface area contributed by atoms with Crippen LogP contribution in [0, 0.1) is 18.8 Å². The van der Waals surface area contributed by atoms with Gasteiger partial charge >= 0.3 is 0 Å². The van der Waals surface area contributed by atoms with Gasteiger partial charge in [0.15, 0.2) is 0 Å². The van der Waals surface area contributed by atoms with Crippen LogP contribution in [0.3, 0.4) is 0 Å². The molecule has 0 aliphatic rings. The molecule has 0 fully saturated rings. The summed E-state index contributed by atoms with van der Waals surface area (Å²) in [7, 11) is 1.54. The van der Waals surface area contributed by atoms with E-state index < -0.39 is 0 Å². The molecule has 21 heavy (non-hydrogen) atoms. The molecule has 6 nitrogen and oxygen atoms in total. The second-order valence-corrected chi connectivity index (χ2v) is 4.28. The summed E-state index contributed by atoms with van der Waals surface area (Å²) in [4.78, 5) is 12.2. The average molecular weight is 284 g/mol. The molecule has 6 heteroatoms. The van der Waals surface area contributed by atoms with Crippen molar-refractivity contribution < 1.29 is 9.53 Å². The summed E-state index contributed by atoms with van der Waals surface area (Å²) in [5, 5.41) is 9.36. The zero-order valence-electron chi connectivity index (χ0n) is 11.9. The Morgan fingerprint density at radius 1 is 1.52 bits per heavy atom. The molecule has 1 aromatic carbocycles. The number of nitrogens with one attached hydrogen (secondary N) is 2. The van der Waals surface area contributed by atoms with Crippen molar-refractivity contribution in [2.75, 3.05) is 19.0 Å². The molecular weight excluding hydrogens is 268 g/mol. The van der Waals surface area contributed by atoms with Crippen LogP contribution in [-0.2, 0) is 0 Å². The largest absolute Gasteiger partial charge is 0.495 e. The monoisotopic (exact) mass is 284 g/mol. The Bertz CT molecular complexity index is 710. The van der Waals surface area contributed by atoms with Gasteiger partial charge in [-0.3, -0.25) is 9.89 Å². The van der Waals surface area contributed by atoms with Crippen molar-refractivity contribution in [3.05, 3.63) is 41.2 Å². The second-order valence-electron chi connectivity index (χ2n) is 4.28. The highest BCUT2D eigenvalue weighted by Gasteiger charge is 2.13. The third-order valence-corrected chi connectivity index (χ3v) is 2.86. The zero-order valence-corrected chi connectivity index (χ0v) is 11.9. The third kappa shape index (κ3) is 3.41. The molecular formula is C15H16N4O2. The normalized spacial score (nSPS) is 9.67. The van der Waals surface area contributed by atoms with Crippen LogP contribution in [0.4, 0.5) is 5.69 Å². The molecule has 108 valence electrons. The number of ether oxygens (including phenoxy) is 1. The summed E-state index contributed by atoms with van der Waals surface area (Å²) in [6.45, 7) is 2.06. The van der Waals surface area contributed by atoms with E-state index in [2.05, 4.69) is 27.4 Å². The van der Waals surface area contributed by atoms with Crippen LogP contribution in [0.5, 0.6) is 5.75 Å². The maximum absolute atomic E-state index is 12.2. The van der Waals surface area contributed by atoms with Crippen LogP contribution in [0.15, 0.2) is 24.4 Å². The Balaban J connectivity index is 2.29. The van der Waals surface area contributed by atoms with Gasteiger partial charge in [-0.2, -0.15) is 5.10 Å². The molecule has 0 saturated heterocycles. The molecule has 0 saturated carbocycles. The number of benzene rings is 1. The van der Waals surface area contributed by atoms with E-state index in [1.54, 1.807) is 32.2 Å². The topological polar surface area (TPSA) is 93.0 Å². The number of rotatable bonds is 3. The van der Waals surface area contributed by atoms with Gasteiger partial charge in [0.1, 0.15) is 5.75 Å². The van der Waals surface area contributed by atoms with Gasteiger partial charge in [0.25, 0.3) is 5.91 Å². The molecule has 0 bridgehead atoms. The molecule has 2 rings (SSSR count). The Labute approximate surface area is 122 Å². The number of hydrogen-bond donors (Lipinski definition) is 3. The third-order valence-electron chi connectivity index (χ3n) is 2.86. The Morgan fingerprint density at radius 2 is 2.33 bits per heavy atom. The number of methoxy groups -OCH3 is 1. The van der Waals surface area contributed by atoms with Crippen LogP contribution >= 0.6 is 0 Å². The Kier molecular flexibility index (Phi) is 4.59. The van der Waals surface area contributed by atoms with E-state index in [9.17, 15) is 4.79 Å². The number of carbonyl (C=O) groups is 1. The number of amides is 1. The number of carbonyl (C=O) groups excluding carboxylic acids is 1. The molecule has 0 radical (unpaired) electrons. The van der Waals surface area contributed by atoms with Crippen molar-refractivity contribution in [3.63, 3.8) is 0 Å². The number of aromatic amines is 1. The lowest BCUT2D eigenvalue weighted by atomic mass is 10.1. The number of aryl methyl sites for hydroxylation is 1. The first-order chi connectivity index (χ1) is 10.2. The van der Waals surface area contributed by atoms with Crippen molar-refractivity contribution in [2.45, 2.75) is 6.92 Å². The molecule has 1 heterocycles. The lowest BCUT2D eigenvalue weighted by molar-refractivity contribution is 0.102. The number of nitrogens with zero attached hydrogens (tertiary/aromatic N) is 1. The molecule has 0 aliphatic carbocycles. The summed E-state index contributed by atoms with van der Waals surface area (Å²) < 4.78 is 5.24. The standard InChI is InChI=1S/C15H16N4O2/c1-10-12(9-17-19-10)15(20)18-13-8-11(4-3-7-16)5-6-14(13)21-2/h5-6,8-9H,7,16H2,1-2H3,(H,17,19)(H,18,20). The SMILES string of the molecule is COc1ccc(C#CCN)cc1NC(=O)c1cn[nH]c1C. The van der Waals surface area contributed by atoms with E-state index in [-0.39, 0.29) is 12.5 Å². The van der Waals surface area contributed by atoms with Crippen LogP contribution < -0.4 is 15.8 Å². The minimum absolute atomic E-state index is 0.261. The van der Waals surface area contributed by atoms with Gasteiger partial charge in [-0.25, -0.2) is 0 Å². The number of anilines is 1. The summed E-state index contributed by atoms with van der Waals surface area (Å²) in [5.74, 6) is 5.98. The van der Waals surface area contributed by atoms with E-state index in [1.807, 2.05) is 0 Å². The maximum atomic E-state index is 12.2. The van der Waals surface area contributed by atoms with Crippen molar-refractivity contribution >= 4 is 11.6 Å². The molecule has 4 N–H and O–H groups in total. The van der Waals surface area contributed by atoms with Crippen LogP contribution in [0.25, 0.3) is 0 Å². The molecule has 1 aromatic heterocycles. The van der Waals surface area contributed by atoms with Gasteiger partial charge in [-0.15, -0.1) is 0 Å². The van der Waals surface area contributed by atoms with E-state index in [4.69, 9.17) is 10.5 Å². The zero-order chi connectivity index (χ0) is 15.2. The van der Waals surface area contributed by atoms with Crippen LogP contribution in [-0.4, -0.2) is 29.8 Å². The Hall–Kier alpha value is -2.78. The molecule has 0 unspecified atom stereocenters. The summed E-state index contributed by atoms with van der Waals surface area (Å²) in [6.07, 6.45) is 1.48. The fraction of sp³-hybridized carbons (Fsp3) is 0.200. The van der Waals surface area contributed by atoms with Gasteiger partial charge in [0.2, 0.25) is 0 Å². The van der Waals surface area contributed by atoms with Crippen molar-refractivity contribution in [2.24, 2.45) is 5.73 Å². The number of aromatic nitrogens is 2. The van der Waals surface area contributed by atoms with Crippen molar-refractivity contribution in [3.8, 4) is 17.6 Å². The number of nitrogens with two attached hydrogens (primary N) is 1. The highest BCUT2D eigenvalue weighted by atomic mass is 16.5. The summed E-state index contributed by atoms with van der Waals surface area (Å²) in [5.41, 5.74) is 7.83. The molecule has 2 aromatic rings. The van der Waals surface area contributed by atoms with E-state index in [1.165, 1.54) is 6.20 Å². The fourth-order valence-electron chi connectivity index (χ4n) is 1.81. The highest BCUT2D eigenvalue weighted by molar-refractivity contribution is 6.05. The van der Waals surface area contributed by atoms with Gasteiger partial charge in [0.05, 0.1) is 31.1 Å². The fourth-order valence-corrected chi connectivity index (χ4v) is 1.81. The van der Waals surface area contributed by atoms with Gasteiger partial charge < -0.3 is 15.8 Å². The van der Waals surface area contributed by atoms with Crippen molar-refractivity contribution in [1.29, 1.82) is 0 Å². The van der Waals surface area contributed by atoms with Crippen LogP contribution in [0.1, 0.15) is 21.6 Å².